The van der Waals surface area contributed by atoms with Gasteiger partial charge in [0.05, 0.1) is 26.5 Å². The molecule has 1 N–H and O–H groups in total. The van der Waals surface area contributed by atoms with E-state index in [4.69, 9.17) is 4.74 Å². The summed E-state index contributed by atoms with van der Waals surface area (Å²) in [6.45, 7) is -0.121. The Morgan fingerprint density at radius 3 is 2.81 bits per heavy atom. The molecule has 0 saturated carbocycles. The van der Waals surface area contributed by atoms with Crippen LogP contribution in [0.5, 0.6) is 5.75 Å². The van der Waals surface area contributed by atoms with Crippen LogP contribution in [0.25, 0.3) is 0 Å². The van der Waals surface area contributed by atoms with E-state index < -0.39 is 10.0 Å². The Morgan fingerprint density at radius 1 is 1.31 bits per heavy atom. The molecule has 9 heteroatoms. The van der Waals surface area contributed by atoms with Crippen molar-refractivity contribution < 1.29 is 18.3 Å². The molecule has 1 aliphatic rings. The van der Waals surface area contributed by atoms with Gasteiger partial charge in [0.25, 0.3) is 10.0 Å². The summed E-state index contributed by atoms with van der Waals surface area (Å²) in [5.74, 6) is 0.794. The second-order valence-corrected chi connectivity index (χ2v) is 7.85. The molecule has 0 aromatic heterocycles. The number of nitrogens with zero attached hydrogens (tertiary/aromatic N) is 3. The molecule has 1 heterocycles. The Balaban J connectivity index is 2.01. The number of benzene rings is 2. The number of sulfonamides is 1. The minimum absolute atomic E-state index is 0.0928. The molecule has 0 aliphatic carbocycles. The SMILES string of the molecule is COc1ccc(Br)cc1C=NN(CCO)C1=NS(=O)(=O)c2ccccc21. The Labute approximate surface area is 159 Å². The van der Waals surface area contributed by atoms with Crippen molar-refractivity contribution in [3.8, 4) is 5.75 Å². The molecule has 0 unspecified atom stereocenters. The standard InChI is InChI=1S/C17H16BrN3O4S/c1-25-15-7-6-13(18)10-12(15)11-19-21(8-9-22)17-14-4-2-3-5-16(14)26(23,24)20-17/h2-7,10-11,22H,8-9H2,1H3. The third-order valence-corrected chi connectivity index (χ3v) is 5.52. The van der Waals surface area contributed by atoms with Crippen molar-refractivity contribution in [1.82, 2.24) is 5.01 Å². The lowest BCUT2D eigenvalue weighted by Crippen LogP contribution is -2.28. The summed E-state index contributed by atoms with van der Waals surface area (Å²) in [7, 11) is -2.21. The fourth-order valence-corrected chi connectivity index (χ4v) is 4.11. The molecule has 2 aromatic carbocycles. The van der Waals surface area contributed by atoms with Gasteiger partial charge in [0.2, 0.25) is 0 Å². The zero-order valence-corrected chi connectivity index (χ0v) is 16.2. The molecule has 7 nitrogen and oxygen atoms in total. The van der Waals surface area contributed by atoms with E-state index in [0.717, 1.165) is 4.47 Å². The Morgan fingerprint density at radius 2 is 2.08 bits per heavy atom. The highest BCUT2D eigenvalue weighted by molar-refractivity contribution is 9.10. The Hall–Kier alpha value is -2.23. The zero-order valence-electron chi connectivity index (χ0n) is 13.8. The topological polar surface area (TPSA) is 91.6 Å². The first-order valence-electron chi connectivity index (χ1n) is 7.66. The number of fused-ring (bicyclic) bond motifs is 1. The second kappa shape index (κ2) is 7.56. The number of hydrogen-bond donors (Lipinski definition) is 1. The van der Waals surface area contributed by atoms with E-state index in [-0.39, 0.29) is 23.9 Å². The van der Waals surface area contributed by atoms with Crippen LogP contribution in [0.15, 0.2) is 61.3 Å². The van der Waals surface area contributed by atoms with Crippen LogP contribution in [-0.2, 0) is 10.0 Å². The fourth-order valence-electron chi connectivity index (χ4n) is 2.53. The van der Waals surface area contributed by atoms with E-state index in [1.54, 1.807) is 31.4 Å². The molecular formula is C17H16BrN3O4S. The van der Waals surface area contributed by atoms with Crippen molar-refractivity contribution in [3.05, 3.63) is 58.1 Å². The first-order chi connectivity index (χ1) is 12.5. The summed E-state index contributed by atoms with van der Waals surface area (Å²) in [6.07, 6.45) is 1.54. The first kappa shape index (κ1) is 18.6. The van der Waals surface area contributed by atoms with Crippen LogP contribution in [-0.4, -0.2) is 50.8 Å². The predicted molar refractivity (Wildman–Crippen MR) is 102 cm³/mol. The van der Waals surface area contributed by atoms with Crippen LogP contribution in [0.2, 0.25) is 0 Å². The largest absolute Gasteiger partial charge is 0.496 e. The van der Waals surface area contributed by atoms with Gasteiger partial charge in [-0.15, -0.1) is 4.40 Å². The molecule has 0 saturated heterocycles. The zero-order chi connectivity index (χ0) is 18.7. The summed E-state index contributed by atoms with van der Waals surface area (Å²) >= 11 is 3.39. The molecule has 0 fully saturated rings. The van der Waals surface area contributed by atoms with Crippen molar-refractivity contribution in [2.45, 2.75) is 4.90 Å². The lowest BCUT2D eigenvalue weighted by atomic mass is 10.2. The lowest BCUT2D eigenvalue weighted by Gasteiger charge is -2.17. The minimum atomic E-state index is -3.76. The second-order valence-electron chi connectivity index (χ2n) is 5.36. The van der Waals surface area contributed by atoms with Crippen molar-refractivity contribution in [2.75, 3.05) is 20.3 Å². The normalized spacial score (nSPS) is 15.0. The Bertz CT molecular complexity index is 989. The quantitative estimate of drug-likeness (QED) is 0.571. The van der Waals surface area contributed by atoms with Crippen molar-refractivity contribution in [3.63, 3.8) is 0 Å². The van der Waals surface area contributed by atoms with Gasteiger partial charge in [-0.25, -0.2) is 5.01 Å². The molecule has 0 spiro atoms. The maximum Gasteiger partial charge on any atom is 0.285 e. The highest BCUT2D eigenvalue weighted by atomic mass is 79.9. The number of halogens is 1. The highest BCUT2D eigenvalue weighted by Gasteiger charge is 2.31. The molecule has 3 rings (SSSR count). The smallest absolute Gasteiger partial charge is 0.285 e. The number of hydrogen-bond acceptors (Lipinski definition) is 6. The van der Waals surface area contributed by atoms with Gasteiger partial charge in [0, 0.05) is 15.6 Å². The van der Waals surface area contributed by atoms with Gasteiger partial charge in [-0.05, 0) is 30.3 Å². The molecule has 0 amide bonds. The molecule has 26 heavy (non-hydrogen) atoms. The van der Waals surface area contributed by atoms with Gasteiger partial charge >= 0.3 is 0 Å². The third-order valence-electron chi connectivity index (χ3n) is 3.70. The number of hydrazone groups is 1. The van der Waals surface area contributed by atoms with Gasteiger partial charge in [0.1, 0.15) is 10.6 Å². The number of amidine groups is 1. The van der Waals surface area contributed by atoms with E-state index in [0.29, 0.717) is 16.9 Å². The maximum atomic E-state index is 12.2. The number of aliphatic hydroxyl groups is 1. The molecular weight excluding hydrogens is 422 g/mol. The van der Waals surface area contributed by atoms with E-state index >= 15 is 0 Å². The van der Waals surface area contributed by atoms with Gasteiger partial charge in [-0.1, -0.05) is 28.1 Å². The van der Waals surface area contributed by atoms with E-state index in [1.807, 2.05) is 12.1 Å². The molecule has 0 bridgehead atoms. The third kappa shape index (κ3) is 3.64. The molecule has 0 atom stereocenters. The van der Waals surface area contributed by atoms with Crippen LogP contribution in [0, 0.1) is 0 Å². The molecule has 2 aromatic rings. The van der Waals surface area contributed by atoms with Crippen molar-refractivity contribution in [2.24, 2.45) is 9.50 Å². The molecule has 1 aliphatic heterocycles. The summed E-state index contributed by atoms with van der Waals surface area (Å²) in [5, 5.41) is 15.1. The van der Waals surface area contributed by atoms with Crippen LogP contribution in [0.3, 0.4) is 0 Å². The Kier molecular flexibility index (Phi) is 5.40. The number of rotatable bonds is 5. The summed E-state index contributed by atoms with van der Waals surface area (Å²) in [5.41, 5.74) is 1.15. The maximum absolute atomic E-state index is 12.2. The minimum Gasteiger partial charge on any atom is -0.496 e. The summed E-state index contributed by atoms with van der Waals surface area (Å²) < 4.78 is 34.5. The van der Waals surface area contributed by atoms with E-state index in [2.05, 4.69) is 25.4 Å². The van der Waals surface area contributed by atoms with Gasteiger partial charge in [-0.2, -0.15) is 13.5 Å². The van der Waals surface area contributed by atoms with Gasteiger partial charge in [-0.3, -0.25) is 0 Å². The van der Waals surface area contributed by atoms with Crippen LogP contribution in [0.1, 0.15) is 11.1 Å². The van der Waals surface area contributed by atoms with Crippen LogP contribution >= 0.6 is 15.9 Å². The number of ether oxygens (including phenoxy) is 1. The van der Waals surface area contributed by atoms with Gasteiger partial charge < -0.3 is 9.84 Å². The average molecular weight is 438 g/mol. The van der Waals surface area contributed by atoms with E-state index in [9.17, 15) is 13.5 Å². The summed E-state index contributed by atoms with van der Waals surface area (Å²) in [4.78, 5) is 0.133. The van der Waals surface area contributed by atoms with Gasteiger partial charge in [0.15, 0.2) is 5.84 Å². The number of aliphatic hydroxyl groups excluding tert-OH is 1. The van der Waals surface area contributed by atoms with Crippen LogP contribution in [0.4, 0.5) is 0 Å². The monoisotopic (exact) mass is 437 g/mol. The first-order valence-corrected chi connectivity index (χ1v) is 9.90. The number of methoxy groups -OCH3 is 1. The highest BCUT2D eigenvalue weighted by Crippen LogP contribution is 2.28. The lowest BCUT2D eigenvalue weighted by molar-refractivity contribution is 0.254. The molecule has 136 valence electrons. The predicted octanol–water partition coefficient (Wildman–Crippen LogP) is 2.24. The van der Waals surface area contributed by atoms with Crippen molar-refractivity contribution in [1.29, 1.82) is 0 Å². The van der Waals surface area contributed by atoms with Crippen molar-refractivity contribution >= 4 is 38.0 Å². The fraction of sp³-hybridized carbons (Fsp3) is 0.176. The van der Waals surface area contributed by atoms with E-state index in [1.165, 1.54) is 17.3 Å². The van der Waals surface area contributed by atoms with Crippen LogP contribution < -0.4 is 4.74 Å². The summed E-state index contributed by atoms with van der Waals surface area (Å²) in [6, 6.07) is 12.0. The average Bonchev–Trinajstić information content (AvgIpc) is 2.90. The molecule has 0 radical (unpaired) electrons.